The molecule has 2 unspecified atom stereocenters. The molecule has 1 aliphatic rings. The number of thiophene rings is 1. The van der Waals surface area contributed by atoms with E-state index in [1.165, 1.54) is 11.3 Å². The van der Waals surface area contributed by atoms with Crippen molar-refractivity contribution in [1.29, 1.82) is 0 Å². The zero-order valence-corrected chi connectivity index (χ0v) is 25.9. The molecule has 0 saturated heterocycles. The number of carbonyl (C=O) groups excluding carboxylic acids is 3. The monoisotopic (exact) mass is 604 g/mol. The summed E-state index contributed by atoms with van der Waals surface area (Å²) >= 11 is -1.62. The molecule has 1 aromatic carbocycles. The number of amides is 2. The van der Waals surface area contributed by atoms with Crippen LogP contribution in [0, 0.1) is 20.8 Å². The van der Waals surface area contributed by atoms with Gasteiger partial charge in [-0.2, -0.15) is 0 Å². The zero-order valence-electron chi connectivity index (χ0n) is 24.3. The van der Waals surface area contributed by atoms with Crippen LogP contribution in [0.2, 0.25) is 0 Å². The number of aryl methyl sites for hydroxylation is 4. The highest BCUT2D eigenvalue weighted by molar-refractivity contribution is 7.80. The lowest BCUT2D eigenvalue weighted by Gasteiger charge is -2.36. The summed E-state index contributed by atoms with van der Waals surface area (Å²) in [6, 6.07) is 5.74. The van der Waals surface area contributed by atoms with Crippen LogP contribution in [0.3, 0.4) is 0 Å². The quantitative estimate of drug-likeness (QED) is 0.279. The summed E-state index contributed by atoms with van der Waals surface area (Å²) in [4.78, 5) is 44.0. The average Bonchev–Trinajstić information content (AvgIpc) is 3.34. The van der Waals surface area contributed by atoms with E-state index in [2.05, 4.69) is 20.9 Å². The molecular formula is C28H38N5O6S2-. The standard InChI is InChI=1S/C28H39N5O6S2/c1-17-14-18(2)24(19(3)15-17)33(41(37)38)21(26(36)39-28(4,5)6)16-31-25(35)22-10-8-20(40-22)9-11-23(34)32-27-29-12-7-13-30-27/h8,10,14-15,21H,7,9,11-13,16H2,1-6H3,(H,31,35)(H,37,38)(H2,29,30,32,34)/p-1. The maximum Gasteiger partial charge on any atom is 0.332 e. The van der Waals surface area contributed by atoms with Crippen LogP contribution in [0.1, 0.15) is 64.9 Å². The smallest absolute Gasteiger partial charge is 0.332 e. The molecule has 2 amide bonds. The van der Waals surface area contributed by atoms with E-state index in [-0.39, 0.29) is 18.9 Å². The van der Waals surface area contributed by atoms with Crippen LogP contribution in [0.4, 0.5) is 5.69 Å². The highest BCUT2D eigenvalue weighted by atomic mass is 32.2. The number of anilines is 1. The Morgan fingerprint density at radius 2 is 1.88 bits per heavy atom. The number of nitrogens with zero attached hydrogens (tertiary/aromatic N) is 2. The molecule has 3 rings (SSSR count). The summed E-state index contributed by atoms with van der Waals surface area (Å²) in [7, 11) is 0. The van der Waals surface area contributed by atoms with Crippen LogP contribution in [-0.2, 0) is 32.0 Å². The van der Waals surface area contributed by atoms with Gasteiger partial charge in [-0.15, -0.1) is 11.3 Å². The number of ether oxygens (including phenoxy) is 1. The van der Waals surface area contributed by atoms with Gasteiger partial charge in [-0.3, -0.25) is 28.4 Å². The number of esters is 1. The minimum absolute atomic E-state index is 0.176. The van der Waals surface area contributed by atoms with Gasteiger partial charge in [0.2, 0.25) is 5.91 Å². The van der Waals surface area contributed by atoms with E-state index in [1.54, 1.807) is 46.8 Å². The third-order valence-electron chi connectivity index (χ3n) is 6.07. The number of hydrogen-bond donors (Lipinski definition) is 3. The van der Waals surface area contributed by atoms with Gasteiger partial charge in [-0.1, -0.05) is 17.7 Å². The first-order chi connectivity index (χ1) is 19.2. The lowest BCUT2D eigenvalue weighted by molar-refractivity contribution is -0.156. The first-order valence-corrected chi connectivity index (χ1v) is 15.2. The molecule has 11 nitrogen and oxygen atoms in total. The van der Waals surface area contributed by atoms with E-state index in [4.69, 9.17) is 4.74 Å². The third kappa shape index (κ3) is 9.37. The SMILES string of the molecule is Cc1cc(C)c(N(C(CNC(=O)c2ccc(CCC(=O)NC3=NCCCN3)s2)C(=O)OC(C)(C)C)S(=O)[O-])c(C)c1. The Bertz CT molecular complexity index is 1310. The number of aliphatic imine (C=N–C) groups is 1. The van der Waals surface area contributed by atoms with Crippen molar-refractivity contribution in [3.05, 3.63) is 50.7 Å². The van der Waals surface area contributed by atoms with Crippen LogP contribution in [0.25, 0.3) is 0 Å². The lowest BCUT2D eigenvalue weighted by Crippen LogP contribution is -2.52. The van der Waals surface area contributed by atoms with Gasteiger partial charge in [0.05, 0.1) is 17.1 Å². The fraction of sp³-hybridized carbons (Fsp3) is 0.500. The topological polar surface area (TPSA) is 152 Å². The number of hydrogen-bond acceptors (Lipinski definition) is 9. The van der Waals surface area contributed by atoms with Gasteiger partial charge < -0.3 is 19.9 Å². The van der Waals surface area contributed by atoms with Crippen molar-refractivity contribution in [2.45, 2.75) is 72.4 Å². The van der Waals surface area contributed by atoms with Crippen molar-refractivity contribution in [1.82, 2.24) is 16.0 Å². The summed E-state index contributed by atoms with van der Waals surface area (Å²) in [5.41, 5.74) is 1.78. The first-order valence-electron chi connectivity index (χ1n) is 13.4. The van der Waals surface area contributed by atoms with E-state index in [0.717, 1.165) is 27.7 Å². The Labute approximate surface area is 247 Å². The Kier molecular flexibility index (Phi) is 11.0. The third-order valence-corrected chi connectivity index (χ3v) is 7.98. The Morgan fingerprint density at radius 1 is 1.20 bits per heavy atom. The van der Waals surface area contributed by atoms with Crippen LogP contribution in [-0.4, -0.2) is 63.8 Å². The number of benzene rings is 1. The van der Waals surface area contributed by atoms with Crippen molar-refractivity contribution in [2.24, 2.45) is 4.99 Å². The number of nitrogens with one attached hydrogen (secondary N) is 3. The molecule has 0 saturated carbocycles. The van der Waals surface area contributed by atoms with Gasteiger partial charge >= 0.3 is 5.97 Å². The van der Waals surface area contributed by atoms with E-state index in [0.29, 0.717) is 40.6 Å². The second-order valence-electron chi connectivity index (χ2n) is 10.9. The molecule has 2 aromatic rings. The molecule has 0 spiro atoms. The lowest BCUT2D eigenvalue weighted by atomic mass is 10.0. The molecule has 0 radical (unpaired) electrons. The normalized spacial score (nSPS) is 14.8. The zero-order chi connectivity index (χ0) is 30.3. The summed E-state index contributed by atoms with van der Waals surface area (Å²) in [5, 5.41) is 8.49. The van der Waals surface area contributed by atoms with Crippen molar-refractivity contribution in [2.75, 3.05) is 23.9 Å². The number of guanidine groups is 1. The summed E-state index contributed by atoms with van der Waals surface area (Å²) in [5.74, 6) is -0.938. The maximum atomic E-state index is 13.3. The van der Waals surface area contributed by atoms with Gasteiger partial charge in [0.15, 0.2) is 12.0 Å². The maximum absolute atomic E-state index is 13.3. The van der Waals surface area contributed by atoms with Crippen LogP contribution in [0.15, 0.2) is 29.3 Å². The Balaban J connectivity index is 1.73. The van der Waals surface area contributed by atoms with E-state index >= 15 is 0 Å². The van der Waals surface area contributed by atoms with Crippen molar-refractivity contribution in [3.63, 3.8) is 0 Å². The number of rotatable bonds is 10. The van der Waals surface area contributed by atoms with Crippen LogP contribution in [0.5, 0.6) is 0 Å². The molecule has 41 heavy (non-hydrogen) atoms. The van der Waals surface area contributed by atoms with Crippen LogP contribution >= 0.6 is 11.3 Å². The second-order valence-corrected chi connectivity index (χ2v) is 12.9. The minimum Gasteiger partial charge on any atom is -0.755 e. The molecule has 2 atom stereocenters. The molecule has 1 aromatic heterocycles. The Morgan fingerprint density at radius 3 is 2.46 bits per heavy atom. The molecule has 0 fully saturated rings. The van der Waals surface area contributed by atoms with Crippen molar-refractivity contribution >= 4 is 52.0 Å². The average molecular weight is 605 g/mol. The number of carbonyl (C=O) groups is 3. The minimum atomic E-state index is -2.84. The predicted octanol–water partition coefficient (Wildman–Crippen LogP) is 2.81. The fourth-order valence-electron chi connectivity index (χ4n) is 4.44. The molecule has 0 aliphatic carbocycles. The molecular weight excluding hydrogens is 566 g/mol. The molecule has 0 bridgehead atoms. The molecule has 224 valence electrons. The fourth-order valence-corrected chi connectivity index (χ4v) is 6.17. The summed E-state index contributed by atoms with van der Waals surface area (Å²) < 4.78 is 31.6. The van der Waals surface area contributed by atoms with Gasteiger partial charge in [0, 0.05) is 35.7 Å². The van der Waals surface area contributed by atoms with Crippen molar-refractivity contribution < 1.29 is 27.9 Å². The van der Waals surface area contributed by atoms with Crippen LogP contribution < -0.4 is 20.3 Å². The molecule has 13 heteroatoms. The largest absolute Gasteiger partial charge is 0.755 e. The van der Waals surface area contributed by atoms with Gasteiger partial charge in [0.25, 0.3) is 5.91 Å². The predicted molar refractivity (Wildman–Crippen MR) is 160 cm³/mol. The first kappa shape index (κ1) is 32.2. The summed E-state index contributed by atoms with van der Waals surface area (Å²) in [6.07, 6.45) is 1.59. The summed E-state index contributed by atoms with van der Waals surface area (Å²) in [6.45, 7) is 11.6. The highest BCUT2D eigenvalue weighted by Crippen LogP contribution is 2.30. The van der Waals surface area contributed by atoms with Gasteiger partial charge in [-0.05, 0) is 77.6 Å². The van der Waals surface area contributed by atoms with Crippen molar-refractivity contribution in [3.8, 4) is 0 Å². The van der Waals surface area contributed by atoms with Gasteiger partial charge in [-0.25, -0.2) is 4.79 Å². The van der Waals surface area contributed by atoms with E-state index in [1.807, 2.05) is 19.1 Å². The van der Waals surface area contributed by atoms with E-state index < -0.39 is 34.8 Å². The molecule has 1 aliphatic heterocycles. The highest BCUT2D eigenvalue weighted by Gasteiger charge is 2.34. The van der Waals surface area contributed by atoms with Gasteiger partial charge in [0.1, 0.15) is 5.60 Å². The van der Waals surface area contributed by atoms with E-state index in [9.17, 15) is 23.1 Å². The molecule has 3 N–H and O–H groups in total. The molecule has 2 heterocycles. The Hall–Kier alpha value is -3.29. The second kappa shape index (κ2) is 14.1.